The molecular weight excluding hydrogens is 404 g/mol. The Hall–Kier alpha value is -2.73. The van der Waals surface area contributed by atoms with Crippen LogP contribution >= 0.6 is 11.3 Å². The van der Waals surface area contributed by atoms with Crippen LogP contribution in [-0.4, -0.2) is 23.3 Å². The first-order chi connectivity index (χ1) is 15.0. The third-order valence-corrected chi connectivity index (χ3v) is 7.80. The lowest BCUT2D eigenvalue weighted by molar-refractivity contribution is 0.184. The van der Waals surface area contributed by atoms with Crippen LogP contribution in [0.2, 0.25) is 0 Å². The molecule has 1 atom stereocenters. The van der Waals surface area contributed by atoms with Crippen LogP contribution in [0.15, 0.2) is 41.8 Å². The monoisotopic (exact) mass is 434 g/mol. The minimum Gasteiger partial charge on any atom is -0.496 e. The number of hydrogen-bond donors (Lipinski definition) is 1. The van der Waals surface area contributed by atoms with Gasteiger partial charge in [0.25, 0.3) is 0 Å². The van der Waals surface area contributed by atoms with Crippen molar-refractivity contribution in [1.29, 1.82) is 0 Å². The van der Waals surface area contributed by atoms with E-state index < -0.39 is 0 Å². The molecule has 0 fully saturated rings. The van der Waals surface area contributed by atoms with Crippen molar-refractivity contribution in [3.63, 3.8) is 0 Å². The molecule has 0 bridgehead atoms. The second kappa shape index (κ2) is 9.18. The topological polar surface area (TPSA) is 59.4 Å². The highest BCUT2D eigenvalue weighted by molar-refractivity contribution is 7.19. The first kappa shape index (κ1) is 21.5. The van der Waals surface area contributed by atoms with Crippen LogP contribution in [0, 0.1) is 11.3 Å². The van der Waals surface area contributed by atoms with Crippen molar-refractivity contribution in [2.24, 2.45) is 16.4 Å². The Bertz CT molecular complexity index is 1120. The van der Waals surface area contributed by atoms with Crippen LogP contribution in [0.3, 0.4) is 0 Å². The van der Waals surface area contributed by atoms with Gasteiger partial charge in [0.15, 0.2) is 5.82 Å². The molecule has 0 aliphatic heterocycles. The summed E-state index contributed by atoms with van der Waals surface area (Å²) in [5.74, 6) is 2.31. The van der Waals surface area contributed by atoms with Gasteiger partial charge in [0, 0.05) is 16.7 Å². The number of benzene rings is 1. The van der Waals surface area contributed by atoms with Crippen molar-refractivity contribution >= 4 is 39.7 Å². The number of anilines is 1. The van der Waals surface area contributed by atoms with Crippen LogP contribution in [0.4, 0.5) is 5.82 Å². The van der Waals surface area contributed by atoms with E-state index in [1.54, 1.807) is 19.7 Å². The molecule has 2 aromatic heterocycles. The Morgan fingerprint density at radius 2 is 2.13 bits per heavy atom. The summed E-state index contributed by atoms with van der Waals surface area (Å²) in [5.41, 5.74) is 5.92. The van der Waals surface area contributed by atoms with Crippen molar-refractivity contribution in [2.45, 2.75) is 46.5 Å². The maximum atomic E-state index is 5.38. The molecular formula is C25H30N4OS. The first-order valence-electron chi connectivity index (χ1n) is 10.9. The number of hydrogen-bond acceptors (Lipinski definition) is 6. The first-order valence-corrected chi connectivity index (χ1v) is 11.7. The van der Waals surface area contributed by atoms with E-state index in [1.807, 2.05) is 47.8 Å². The molecule has 4 rings (SSSR count). The highest BCUT2D eigenvalue weighted by Crippen LogP contribution is 2.45. The summed E-state index contributed by atoms with van der Waals surface area (Å²) >= 11 is 1.81. The Kier molecular flexibility index (Phi) is 6.37. The lowest BCUT2D eigenvalue weighted by Crippen LogP contribution is -2.28. The molecule has 0 radical (unpaired) electrons. The molecule has 0 saturated carbocycles. The van der Waals surface area contributed by atoms with E-state index >= 15 is 0 Å². The van der Waals surface area contributed by atoms with Crippen LogP contribution in [0.25, 0.3) is 16.3 Å². The summed E-state index contributed by atoms with van der Waals surface area (Å²) in [6, 6.07) is 7.90. The summed E-state index contributed by atoms with van der Waals surface area (Å²) in [7, 11) is 1.68. The molecule has 0 saturated heterocycles. The van der Waals surface area contributed by atoms with E-state index in [-0.39, 0.29) is 0 Å². The standard InChI is InChI=1S/C25H30N4OS/c1-5-25(2,3)18-12-13-21-19(15-18)22-23(26-16-27-24(22)31-21)29-28-14-8-10-17-9-6-7-11-20(17)30-4/h6-11,14,16,18H,5,12-13,15H2,1-4H3,(H,26,27,29)/b10-8+,28-14+. The number of nitrogens with one attached hydrogen (secondary N) is 1. The summed E-state index contributed by atoms with van der Waals surface area (Å²) in [4.78, 5) is 11.6. The van der Waals surface area contributed by atoms with E-state index in [0.717, 1.165) is 40.2 Å². The minimum atomic E-state index is 0.344. The Morgan fingerprint density at radius 3 is 2.94 bits per heavy atom. The number of para-hydroxylation sites is 1. The zero-order valence-corrected chi connectivity index (χ0v) is 19.5. The number of aromatic nitrogens is 2. The molecule has 31 heavy (non-hydrogen) atoms. The van der Waals surface area contributed by atoms with Crippen LogP contribution in [0.1, 0.15) is 49.6 Å². The smallest absolute Gasteiger partial charge is 0.158 e. The molecule has 0 spiro atoms. The molecule has 5 nitrogen and oxygen atoms in total. The van der Waals surface area contributed by atoms with E-state index in [9.17, 15) is 0 Å². The predicted molar refractivity (Wildman–Crippen MR) is 131 cm³/mol. The number of thiophene rings is 1. The third kappa shape index (κ3) is 4.49. The number of nitrogens with zero attached hydrogens (tertiary/aromatic N) is 3. The lowest BCUT2D eigenvalue weighted by Gasteiger charge is -2.36. The van der Waals surface area contributed by atoms with Crippen molar-refractivity contribution in [3.8, 4) is 5.75 Å². The Balaban J connectivity index is 1.55. The van der Waals surface area contributed by atoms with Crippen LogP contribution < -0.4 is 10.2 Å². The predicted octanol–water partition coefficient (Wildman–Crippen LogP) is 6.35. The number of ether oxygens (including phenoxy) is 1. The maximum absolute atomic E-state index is 5.38. The van der Waals surface area contributed by atoms with Gasteiger partial charge in [-0.15, -0.1) is 11.3 Å². The average molecular weight is 435 g/mol. The van der Waals surface area contributed by atoms with Gasteiger partial charge in [0.05, 0.1) is 12.5 Å². The van der Waals surface area contributed by atoms with E-state index in [2.05, 4.69) is 41.3 Å². The fourth-order valence-electron chi connectivity index (χ4n) is 4.24. The van der Waals surface area contributed by atoms with Crippen molar-refractivity contribution in [2.75, 3.05) is 12.5 Å². The number of allylic oxidation sites excluding steroid dienone is 1. The van der Waals surface area contributed by atoms with Gasteiger partial charge in [-0.05, 0) is 54.4 Å². The summed E-state index contributed by atoms with van der Waals surface area (Å²) in [5, 5.41) is 5.53. The fourth-order valence-corrected chi connectivity index (χ4v) is 5.42. The number of fused-ring (bicyclic) bond motifs is 3. The van der Waals surface area contributed by atoms with Gasteiger partial charge in [-0.2, -0.15) is 5.10 Å². The molecule has 6 heteroatoms. The SMILES string of the molecule is CCC(C)(C)C1CCc2sc3ncnc(N/N=C/C=C/c4ccccc4OC)c3c2C1. The summed E-state index contributed by atoms with van der Waals surface area (Å²) in [6.07, 6.45) is 11.9. The van der Waals surface area contributed by atoms with Crippen molar-refractivity contribution in [1.82, 2.24) is 9.97 Å². The highest BCUT2D eigenvalue weighted by Gasteiger charge is 2.33. The fraction of sp³-hybridized carbons (Fsp3) is 0.400. The minimum absolute atomic E-state index is 0.344. The molecule has 0 amide bonds. The van der Waals surface area contributed by atoms with Gasteiger partial charge in [-0.1, -0.05) is 45.4 Å². The van der Waals surface area contributed by atoms with Gasteiger partial charge in [0.1, 0.15) is 16.9 Å². The molecule has 1 unspecified atom stereocenters. The van der Waals surface area contributed by atoms with Crippen molar-refractivity contribution in [3.05, 3.63) is 52.7 Å². The summed E-state index contributed by atoms with van der Waals surface area (Å²) < 4.78 is 5.38. The normalized spacial score (nSPS) is 16.8. The summed E-state index contributed by atoms with van der Waals surface area (Å²) in [6.45, 7) is 7.08. The zero-order chi connectivity index (χ0) is 21.8. The molecule has 2 heterocycles. The molecule has 1 aromatic carbocycles. The van der Waals surface area contributed by atoms with E-state index in [1.165, 1.54) is 23.3 Å². The molecule has 1 aliphatic rings. The lowest BCUT2D eigenvalue weighted by atomic mass is 9.69. The van der Waals surface area contributed by atoms with Gasteiger partial charge >= 0.3 is 0 Å². The largest absolute Gasteiger partial charge is 0.496 e. The quantitative estimate of drug-likeness (QED) is 0.348. The third-order valence-electron chi connectivity index (χ3n) is 6.60. The van der Waals surface area contributed by atoms with Gasteiger partial charge in [-0.25, -0.2) is 9.97 Å². The van der Waals surface area contributed by atoms with Gasteiger partial charge in [0.2, 0.25) is 0 Å². The number of aryl methyl sites for hydroxylation is 1. The second-order valence-electron chi connectivity index (χ2n) is 8.68. The molecule has 3 aromatic rings. The average Bonchev–Trinajstić information content (AvgIpc) is 3.17. The number of methoxy groups -OCH3 is 1. The van der Waals surface area contributed by atoms with Crippen molar-refractivity contribution < 1.29 is 4.74 Å². The van der Waals surface area contributed by atoms with Gasteiger partial charge < -0.3 is 4.74 Å². The number of rotatable bonds is 7. The Morgan fingerprint density at radius 1 is 1.29 bits per heavy atom. The highest BCUT2D eigenvalue weighted by atomic mass is 32.1. The van der Waals surface area contributed by atoms with E-state index in [0.29, 0.717) is 11.3 Å². The Labute approximate surface area is 188 Å². The second-order valence-corrected chi connectivity index (χ2v) is 9.76. The zero-order valence-electron chi connectivity index (χ0n) is 18.7. The molecule has 162 valence electrons. The van der Waals surface area contributed by atoms with Crippen LogP contribution in [0.5, 0.6) is 5.75 Å². The van der Waals surface area contributed by atoms with Gasteiger partial charge in [-0.3, -0.25) is 5.43 Å². The van der Waals surface area contributed by atoms with Crippen LogP contribution in [-0.2, 0) is 12.8 Å². The van der Waals surface area contributed by atoms with E-state index in [4.69, 9.17) is 4.74 Å². The number of hydrazone groups is 1. The maximum Gasteiger partial charge on any atom is 0.158 e. The molecule has 1 N–H and O–H groups in total. The molecule has 1 aliphatic carbocycles.